The van der Waals surface area contributed by atoms with Crippen molar-refractivity contribution in [2.75, 3.05) is 18.5 Å². The lowest BCUT2D eigenvalue weighted by Crippen LogP contribution is -2.53. The average molecular weight is 675 g/mol. The Bertz CT molecular complexity index is 1660. The minimum absolute atomic E-state index is 0.0940. The van der Waals surface area contributed by atoms with Crippen molar-refractivity contribution in [1.29, 1.82) is 0 Å². The maximum absolute atomic E-state index is 12.9. The Hall–Kier alpha value is -4.02. The van der Waals surface area contributed by atoms with Crippen molar-refractivity contribution in [3.8, 4) is 11.5 Å². The van der Waals surface area contributed by atoms with Gasteiger partial charge in [-0.05, 0) is 128 Å². The topological polar surface area (TPSA) is 157 Å². The maximum atomic E-state index is 12.9. The number of carbonyl (C=O) groups is 1. The second kappa shape index (κ2) is 14.2. The second-order valence-corrected chi connectivity index (χ2v) is 14.5. The second-order valence-electron chi connectivity index (χ2n) is 14.0. The summed E-state index contributed by atoms with van der Waals surface area (Å²) < 4.78 is 12.5. The van der Waals surface area contributed by atoms with Gasteiger partial charge in [0, 0.05) is 28.2 Å². The number of nitrogens with two attached hydrogens (primary N) is 2. The molecule has 3 aromatic rings. The fourth-order valence-corrected chi connectivity index (χ4v) is 8.63. The van der Waals surface area contributed by atoms with Gasteiger partial charge in [0.2, 0.25) is 0 Å². The Labute approximate surface area is 287 Å². The van der Waals surface area contributed by atoms with E-state index in [9.17, 15) is 9.90 Å². The molecule has 1 spiro atoms. The number of anilines is 1. The van der Waals surface area contributed by atoms with Crippen LogP contribution < -0.4 is 31.9 Å². The number of carboxylic acid groups (broad SMARTS) is 1. The van der Waals surface area contributed by atoms with E-state index in [0.29, 0.717) is 47.7 Å². The van der Waals surface area contributed by atoms with Crippen LogP contribution in [0.15, 0.2) is 59.8 Å². The number of nitrogens with one attached hydrogen (secondary N) is 2. The summed E-state index contributed by atoms with van der Waals surface area (Å²) in [5.41, 5.74) is 12.5. The molecule has 3 atom stereocenters. The van der Waals surface area contributed by atoms with Crippen LogP contribution in [0.3, 0.4) is 0 Å². The lowest BCUT2D eigenvalue weighted by molar-refractivity contribution is -0.144. The van der Waals surface area contributed by atoms with E-state index in [1.54, 1.807) is 12.1 Å². The van der Waals surface area contributed by atoms with Gasteiger partial charge in [0.25, 0.3) is 0 Å². The molecule has 10 nitrogen and oxygen atoms in total. The fraction of sp³-hybridized carbons (Fsp3) is 0.486. The van der Waals surface area contributed by atoms with Crippen LogP contribution in [0.25, 0.3) is 0 Å². The van der Waals surface area contributed by atoms with Gasteiger partial charge in [-0.15, -0.1) is 5.10 Å². The van der Waals surface area contributed by atoms with E-state index in [4.69, 9.17) is 32.7 Å². The molecule has 2 aromatic carbocycles. The standard InChI is InChI=1S/C37H47ClN6O4/c1-23(21-48-32-11-16-41-31-8-3-5-24(2)34(31)32)17-26-18-25-9-10-29(47-22-33(39)43-44-40)20-30(25)36(26)12-14-37(15-13-36,35(45)46)42-28-7-4-6-27(38)19-28/h4,6-7,9-11,16,19-20,23-24,26,42,44H,3,5,8,12-15,17-18,21-22,40H2,1-2H3,(H2,39,43)(H,45,46)/t23-,24-,26+,36?,37?/m1/s1. The Morgan fingerprint density at radius 1 is 1.17 bits per heavy atom. The van der Waals surface area contributed by atoms with Crippen LogP contribution in [0.1, 0.15) is 87.1 Å². The zero-order chi connectivity index (χ0) is 33.9. The van der Waals surface area contributed by atoms with Gasteiger partial charge in [-0.3, -0.25) is 4.98 Å². The van der Waals surface area contributed by atoms with Gasteiger partial charge in [0.05, 0.1) is 6.61 Å². The third-order valence-corrected chi connectivity index (χ3v) is 11.1. The van der Waals surface area contributed by atoms with Crippen molar-refractivity contribution in [1.82, 2.24) is 10.5 Å². The molecular weight excluding hydrogens is 628 g/mol. The molecule has 3 aliphatic carbocycles. The molecular formula is C37H47ClN6O4. The van der Waals surface area contributed by atoms with E-state index in [1.165, 1.54) is 28.8 Å². The van der Waals surface area contributed by atoms with Crippen LogP contribution in [-0.2, 0) is 23.1 Å². The summed E-state index contributed by atoms with van der Waals surface area (Å²) in [5.74, 6) is 7.38. The van der Waals surface area contributed by atoms with Crippen molar-refractivity contribution >= 4 is 29.1 Å². The number of hydrazine groups is 1. The number of benzene rings is 2. The van der Waals surface area contributed by atoms with Crippen molar-refractivity contribution in [3.63, 3.8) is 0 Å². The first-order valence-corrected chi connectivity index (χ1v) is 17.4. The molecule has 7 N–H and O–H groups in total. The van der Waals surface area contributed by atoms with Crippen LogP contribution in [0.5, 0.6) is 11.5 Å². The van der Waals surface area contributed by atoms with E-state index < -0.39 is 11.5 Å². The van der Waals surface area contributed by atoms with E-state index in [2.05, 4.69) is 46.9 Å². The zero-order valence-corrected chi connectivity index (χ0v) is 28.6. The molecule has 6 rings (SSSR count). The smallest absolute Gasteiger partial charge is 0.329 e. The van der Waals surface area contributed by atoms with Crippen molar-refractivity contribution in [3.05, 3.63) is 82.1 Å². The quantitative estimate of drug-likeness (QED) is 0.0642. The maximum Gasteiger partial charge on any atom is 0.329 e. The van der Waals surface area contributed by atoms with Gasteiger partial charge in [0.15, 0.2) is 5.84 Å². The predicted molar refractivity (Wildman–Crippen MR) is 189 cm³/mol. The number of nitrogens with zero attached hydrogens (tertiary/aromatic N) is 2. The van der Waals surface area contributed by atoms with Crippen LogP contribution >= 0.6 is 11.6 Å². The number of carboxylic acids is 1. The average Bonchev–Trinajstić information content (AvgIpc) is 3.35. The summed E-state index contributed by atoms with van der Waals surface area (Å²) >= 11 is 6.26. The normalized spacial score (nSPS) is 25.5. The van der Waals surface area contributed by atoms with E-state index in [-0.39, 0.29) is 23.8 Å². The number of hydrogen-bond donors (Lipinski definition) is 5. The molecule has 48 heavy (non-hydrogen) atoms. The number of amidine groups is 1. The largest absolute Gasteiger partial charge is 0.493 e. The molecule has 0 bridgehead atoms. The minimum atomic E-state index is -1.09. The molecule has 11 heteroatoms. The summed E-state index contributed by atoms with van der Waals surface area (Å²) in [5, 5.41) is 18.3. The van der Waals surface area contributed by atoms with Crippen LogP contribution in [-0.4, -0.2) is 40.6 Å². The number of hydrazone groups is 1. The third kappa shape index (κ3) is 6.91. The summed E-state index contributed by atoms with van der Waals surface area (Å²) in [7, 11) is 0. The molecule has 0 saturated heterocycles. The lowest BCUT2D eigenvalue weighted by atomic mass is 9.59. The molecule has 3 aliphatic rings. The highest BCUT2D eigenvalue weighted by Gasteiger charge is 2.54. The monoisotopic (exact) mass is 674 g/mol. The number of hydrogen-bond acceptors (Lipinski definition) is 8. The first-order chi connectivity index (χ1) is 23.1. The van der Waals surface area contributed by atoms with Crippen molar-refractivity contribution in [2.24, 2.45) is 28.5 Å². The van der Waals surface area contributed by atoms with Crippen LogP contribution in [0.2, 0.25) is 5.02 Å². The van der Waals surface area contributed by atoms with Gasteiger partial charge < -0.3 is 25.6 Å². The van der Waals surface area contributed by atoms with Gasteiger partial charge >= 0.3 is 5.97 Å². The number of pyridine rings is 1. The first kappa shape index (κ1) is 33.9. The molecule has 256 valence electrons. The SMILES string of the molecule is C[C@@H](COc1ccnc2c1[C@H](C)CCC2)C[C@H]1Cc2ccc(OC/C(N)=N/NN)cc2C12CCC(Nc1cccc(Cl)c1)(C(=O)O)CC2. The minimum Gasteiger partial charge on any atom is -0.493 e. The number of rotatable bonds is 12. The Balaban J connectivity index is 1.24. The van der Waals surface area contributed by atoms with Crippen molar-refractivity contribution in [2.45, 2.75) is 88.5 Å². The fourth-order valence-electron chi connectivity index (χ4n) is 8.44. The lowest BCUT2D eigenvalue weighted by Gasteiger charge is -2.47. The van der Waals surface area contributed by atoms with Crippen molar-refractivity contribution < 1.29 is 19.4 Å². The van der Waals surface area contributed by atoms with Crippen LogP contribution in [0.4, 0.5) is 5.69 Å². The number of fused-ring (bicyclic) bond motifs is 3. The predicted octanol–water partition coefficient (Wildman–Crippen LogP) is 6.31. The van der Waals surface area contributed by atoms with Gasteiger partial charge in [-0.25, -0.2) is 16.2 Å². The number of aromatic nitrogens is 1. The molecule has 0 radical (unpaired) electrons. The highest BCUT2D eigenvalue weighted by atomic mass is 35.5. The van der Waals surface area contributed by atoms with E-state index in [1.807, 2.05) is 30.5 Å². The third-order valence-electron chi connectivity index (χ3n) is 10.9. The van der Waals surface area contributed by atoms with Gasteiger partial charge in [0.1, 0.15) is 23.6 Å². The molecule has 0 unspecified atom stereocenters. The number of aryl methyl sites for hydroxylation is 1. The number of aliphatic carboxylic acids is 1. The zero-order valence-electron chi connectivity index (χ0n) is 27.8. The number of halogens is 1. The first-order valence-electron chi connectivity index (χ1n) is 17.0. The Morgan fingerprint density at radius 2 is 1.98 bits per heavy atom. The molecule has 1 aromatic heterocycles. The summed E-state index contributed by atoms with van der Waals surface area (Å²) in [4.78, 5) is 17.6. The summed E-state index contributed by atoms with van der Waals surface area (Å²) in [6.45, 7) is 5.24. The van der Waals surface area contributed by atoms with Gasteiger partial charge in [-0.2, -0.15) is 0 Å². The summed E-state index contributed by atoms with van der Waals surface area (Å²) in [6, 6.07) is 15.5. The van der Waals surface area contributed by atoms with E-state index >= 15 is 0 Å². The number of ether oxygens (including phenoxy) is 2. The molecule has 0 amide bonds. The van der Waals surface area contributed by atoms with E-state index in [0.717, 1.165) is 44.3 Å². The molecule has 1 fully saturated rings. The Morgan fingerprint density at radius 3 is 2.73 bits per heavy atom. The molecule has 1 saturated carbocycles. The highest BCUT2D eigenvalue weighted by molar-refractivity contribution is 6.30. The highest BCUT2D eigenvalue weighted by Crippen LogP contribution is 2.56. The van der Waals surface area contributed by atoms with Crippen LogP contribution in [0, 0.1) is 11.8 Å². The summed E-state index contributed by atoms with van der Waals surface area (Å²) in [6.07, 6.45) is 9.48. The Kier molecular flexibility index (Phi) is 10.0. The molecule has 1 heterocycles. The molecule has 0 aliphatic heterocycles. The van der Waals surface area contributed by atoms with Gasteiger partial charge in [-0.1, -0.05) is 37.6 Å².